The lowest BCUT2D eigenvalue weighted by Gasteiger charge is -2.35. The molecular weight excluding hydrogens is 330 g/mol. The summed E-state index contributed by atoms with van der Waals surface area (Å²) >= 11 is 0. The first-order valence-electron chi connectivity index (χ1n) is 8.75. The van der Waals surface area contributed by atoms with Crippen LogP contribution in [0.5, 0.6) is 5.75 Å². The van der Waals surface area contributed by atoms with Gasteiger partial charge in [0.1, 0.15) is 12.3 Å². The van der Waals surface area contributed by atoms with E-state index in [1.807, 2.05) is 44.2 Å². The fourth-order valence-corrected chi connectivity index (χ4v) is 3.10. The molecule has 6 heteroatoms. The van der Waals surface area contributed by atoms with Gasteiger partial charge in [-0.2, -0.15) is 0 Å². The lowest BCUT2D eigenvalue weighted by atomic mass is 10.0. The van der Waals surface area contributed by atoms with Gasteiger partial charge in [-0.3, -0.25) is 14.5 Å². The summed E-state index contributed by atoms with van der Waals surface area (Å²) in [5, 5.41) is 0. The number of fused-ring (bicyclic) bond motifs is 1. The molecule has 0 saturated heterocycles. The number of hydrogen-bond donors (Lipinski definition) is 1. The van der Waals surface area contributed by atoms with Crippen molar-refractivity contribution in [2.45, 2.75) is 20.0 Å². The molecule has 1 aliphatic heterocycles. The van der Waals surface area contributed by atoms with E-state index in [1.165, 1.54) is 4.90 Å². The van der Waals surface area contributed by atoms with Crippen molar-refractivity contribution in [2.24, 2.45) is 0 Å². The smallest absolute Gasteiger partial charge is 0.273 e. The van der Waals surface area contributed by atoms with E-state index >= 15 is 0 Å². The van der Waals surface area contributed by atoms with Crippen LogP contribution in [0.2, 0.25) is 0 Å². The zero-order valence-corrected chi connectivity index (χ0v) is 15.0. The van der Waals surface area contributed by atoms with Gasteiger partial charge in [0.25, 0.3) is 5.91 Å². The number of ether oxygens (including phenoxy) is 1. The standard InChI is InChI=1S/C20H23N3O3/c1-3-22(4-2)18(24)13-23-16-11-10-15(21)12-17(16)26-19(20(23)25)14-8-6-5-7-9-14/h5-12,19H,3-4,13,21H2,1-2H3. The van der Waals surface area contributed by atoms with Crippen LogP contribution in [0.25, 0.3) is 0 Å². The molecule has 1 heterocycles. The largest absolute Gasteiger partial charge is 0.474 e. The van der Waals surface area contributed by atoms with Gasteiger partial charge in [0.2, 0.25) is 12.0 Å². The Morgan fingerprint density at radius 1 is 1.15 bits per heavy atom. The molecule has 26 heavy (non-hydrogen) atoms. The van der Waals surface area contributed by atoms with E-state index in [2.05, 4.69) is 0 Å². The first kappa shape index (κ1) is 17.8. The van der Waals surface area contributed by atoms with Crippen molar-refractivity contribution in [3.8, 4) is 5.75 Å². The Kier molecular flexibility index (Phi) is 5.11. The third-order valence-electron chi connectivity index (χ3n) is 4.52. The summed E-state index contributed by atoms with van der Waals surface area (Å²) in [7, 11) is 0. The van der Waals surface area contributed by atoms with Crippen molar-refractivity contribution in [3.63, 3.8) is 0 Å². The Labute approximate surface area is 153 Å². The number of nitrogens with two attached hydrogens (primary N) is 1. The van der Waals surface area contributed by atoms with Gasteiger partial charge in [0, 0.05) is 30.4 Å². The molecule has 1 atom stereocenters. The molecule has 0 spiro atoms. The number of hydrogen-bond acceptors (Lipinski definition) is 4. The van der Waals surface area contributed by atoms with E-state index < -0.39 is 6.10 Å². The molecule has 0 saturated carbocycles. The Morgan fingerprint density at radius 2 is 1.85 bits per heavy atom. The van der Waals surface area contributed by atoms with Crippen molar-refractivity contribution < 1.29 is 14.3 Å². The van der Waals surface area contributed by atoms with Crippen LogP contribution in [0, 0.1) is 0 Å². The number of likely N-dealkylation sites (N-methyl/N-ethyl adjacent to an activating group) is 1. The van der Waals surface area contributed by atoms with Crippen LogP contribution >= 0.6 is 0 Å². The number of nitrogen functional groups attached to an aromatic ring is 1. The first-order valence-corrected chi connectivity index (χ1v) is 8.75. The number of amides is 2. The Morgan fingerprint density at radius 3 is 2.50 bits per heavy atom. The SMILES string of the molecule is CCN(CC)C(=O)CN1C(=O)C(c2ccccc2)Oc2cc(N)ccc21. The Hall–Kier alpha value is -3.02. The maximum absolute atomic E-state index is 13.1. The lowest BCUT2D eigenvalue weighted by molar-refractivity contribution is -0.133. The van der Waals surface area contributed by atoms with E-state index in [0.717, 1.165) is 5.56 Å². The molecule has 0 aliphatic carbocycles. The fraction of sp³-hybridized carbons (Fsp3) is 0.300. The number of rotatable bonds is 5. The maximum atomic E-state index is 13.1. The molecule has 0 fully saturated rings. The van der Waals surface area contributed by atoms with Crippen LogP contribution in [0.3, 0.4) is 0 Å². The molecule has 0 bridgehead atoms. The number of anilines is 2. The number of carbonyl (C=O) groups excluding carboxylic acids is 2. The molecule has 6 nitrogen and oxygen atoms in total. The highest BCUT2D eigenvalue weighted by atomic mass is 16.5. The summed E-state index contributed by atoms with van der Waals surface area (Å²) in [6.07, 6.45) is -0.796. The van der Waals surface area contributed by atoms with Gasteiger partial charge in [-0.1, -0.05) is 30.3 Å². The summed E-state index contributed by atoms with van der Waals surface area (Å²) in [5.41, 5.74) is 7.73. The number of nitrogens with zero attached hydrogens (tertiary/aromatic N) is 2. The minimum Gasteiger partial charge on any atom is -0.474 e. The van der Waals surface area contributed by atoms with Crippen molar-refractivity contribution in [2.75, 3.05) is 30.3 Å². The van der Waals surface area contributed by atoms with E-state index in [9.17, 15) is 9.59 Å². The Bertz CT molecular complexity index is 803. The second kappa shape index (κ2) is 7.47. The molecule has 0 aromatic heterocycles. The van der Waals surface area contributed by atoms with Gasteiger partial charge in [-0.25, -0.2) is 0 Å². The molecular formula is C20H23N3O3. The summed E-state index contributed by atoms with van der Waals surface area (Å²) in [6, 6.07) is 14.4. The molecule has 2 aromatic carbocycles. The van der Waals surface area contributed by atoms with Crippen LogP contribution in [-0.4, -0.2) is 36.3 Å². The highest BCUT2D eigenvalue weighted by Crippen LogP contribution is 2.40. The summed E-state index contributed by atoms with van der Waals surface area (Å²) in [4.78, 5) is 28.9. The molecule has 1 unspecified atom stereocenters. The zero-order valence-electron chi connectivity index (χ0n) is 15.0. The molecule has 2 amide bonds. The average molecular weight is 353 g/mol. The van der Waals surface area contributed by atoms with E-state index in [4.69, 9.17) is 10.5 Å². The van der Waals surface area contributed by atoms with Crippen molar-refractivity contribution in [1.82, 2.24) is 4.90 Å². The van der Waals surface area contributed by atoms with Gasteiger partial charge in [-0.15, -0.1) is 0 Å². The van der Waals surface area contributed by atoms with Gasteiger partial charge in [-0.05, 0) is 26.0 Å². The van der Waals surface area contributed by atoms with Crippen LogP contribution in [0.15, 0.2) is 48.5 Å². The zero-order chi connectivity index (χ0) is 18.7. The topological polar surface area (TPSA) is 75.9 Å². The number of benzene rings is 2. The highest BCUT2D eigenvalue weighted by Gasteiger charge is 2.37. The molecule has 3 rings (SSSR count). The quantitative estimate of drug-likeness (QED) is 0.839. The van der Waals surface area contributed by atoms with Crippen molar-refractivity contribution >= 4 is 23.2 Å². The van der Waals surface area contributed by atoms with Crippen molar-refractivity contribution in [1.29, 1.82) is 0 Å². The third-order valence-corrected chi connectivity index (χ3v) is 4.52. The van der Waals surface area contributed by atoms with Gasteiger partial charge in [0.05, 0.1) is 5.69 Å². The van der Waals surface area contributed by atoms with E-state index in [-0.39, 0.29) is 18.4 Å². The highest BCUT2D eigenvalue weighted by molar-refractivity contribution is 6.04. The molecule has 2 N–H and O–H groups in total. The third kappa shape index (κ3) is 3.35. The second-order valence-corrected chi connectivity index (χ2v) is 6.13. The normalized spacial score (nSPS) is 16.0. The van der Waals surface area contributed by atoms with Gasteiger partial charge >= 0.3 is 0 Å². The second-order valence-electron chi connectivity index (χ2n) is 6.13. The average Bonchev–Trinajstić information content (AvgIpc) is 2.65. The monoisotopic (exact) mass is 353 g/mol. The van der Waals surface area contributed by atoms with Crippen LogP contribution < -0.4 is 15.4 Å². The maximum Gasteiger partial charge on any atom is 0.273 e. The molecule has 2 aromatic rings. The van der Waals surface area contributed by atoms with Crippen LogP contribution in [-0.2, 0) is 9.59 Å². The molecule has 0 radical (unpaired) electrons. The minimum absolute atomic E-state index is 0.0237. The van der Waals surface area contributed by atoms with Gasteiger partial charge < -0.3 is 15.4 Å². The van der Waals surface area contributed by atoms with Crippen LogP contribution in [0.1, 0.15) is 25.5 Å². The first-order chi connectivity index (χ1) is 12.5. The summed E-state index contributed by atoms with van der Waals surface area (Å²) in [6.45, 7) is 5.02. The minimum atomic E-state index is -0.796. The predicted molar refractivity (Wildman–Crippen MR) is 101 cm³/mol. The lowest BCUT2D eigenvalue weighted by Crippen LogP contribution is -2.47. The van der Waals surface area contributed by atoms with Crippen LogP contribution in [0.4, 0.5) is 11.4 Å². The van der Waals surface area contributed by atoms with Crippen molar-refractivity contribution in [3.05, 3.63) is 54.1 Å². The van der Waals surface area contributed by atoms with E-state index in [1.54, 1.807) is 23.1 Å². The van der Waals surface area contributed by atoms with E-state index in [0.29, 0.717) is 30.2 Å². The predicted octanol–water partition coefficient (Wildman–Crippen LogP) is 2.60. The molecule has 136 valence electrons. The van der Waals surface area contributed by atoms with Gasteiger partial charge in [0.15, 0.2) is 0 Å². The fourth-order valence-electron chi connectivity index (χ4n) is 3.10. The Balaban J connectivity index is 1.98. The summed E-state index contributed by atoms with van der Waals surface area (Å²) < 4.78 is 5.94. The number of carbonyl (C=O) groups is 2. The molecule has 1 aliphatic rings. The summed E-state index contributed by atoms with van der Waals surface area (Å²) in [5.74, 6) is 0.152.